The Bertz CT molecular complexity index is 647. The second-order valence-corrected chi connectivity index (χ2v) is 5.63. The summed E-state index contributed by atoms with van der Waals surface area (Å²) in [5.74, 6) is -0.459. The molecule has 3 nitrogen and oxygen atoms in total. The number of nitrogens with two attached hydrogens (primary N) is 1. The normalized spacial score (nSPS) is 10.8. The number of hydrogen-bond acceptors (Lipinski definition) is 2. The Balaban J connectivity index is 2.08. The predicted molar refractivity (Wildman–Crippen MR) is 85.8 cm³/mol. The molecule has 0 aliphatic carbocycles. The molecule has 0 atom stereocenters. The maximum Gasteiger partial charge on any atom is 0.337 e. The minimum atomic E-state index is -0.983. The van der Waals surface area contributed by atoms with Crippen LogP contribution in [0.3, 0.4) is 0 Å². The van der Waals surface area contributed by atoms with Crippen molar-refractivity contribution in [2.24, 2.45) is 0 Å². The summed E-state index contributed by atoms with van der Waals surface area (Å²) in [4.78, 5) is 10.9. The van der Waals surface area contributed by atoms with Crippen LogP contribution in [-0.2, 0) is 12.8 Å². The molecule has 0 aliphatic rings. The van der Waals surface area contributed by atoms with Crippen LogP contribution in [0.25, 0.3) is 0 Å². The third-order valence-electron chi connectivity index (χ3n) is 3.67. The molecule has 0 saturated carbocycles. The van der Waals surface area contributed by atoms with Crippen LogP contribution in [0.1, 0.15) is 46.8 Å². The van der Waals surface area contributed by atoms with Gasteiger partial charge in [0.1, 0.15) is 0 Å². The summed E-state index contributed by atoms with van der Waals surface area (Å²) in [6.45, 7) is 4.37. The van der Waals surface area contributed by atoms with Gasteiger partial charge in [-0.2, -0.15) is 0 Å². The number of carbonyl (C=O) groups is 1. The van der Waals surface area contributed by atoms with Gasteiger partial charge in [0.2, 0.25) is 0 Å². The highest BCUT2D eigenvalue weighted by Crippen LogP contribution is 2.19. The molecule has 2 aromatic rings. The van der Waals surface area contributed by atoms with Crippen LogP contribution >= 0.6 is 0 Å². The molecular weight excluding hydrogens is 262 g/mol. The molecule has 0 bridgehead atoms. The summed E-state index contributed by atoms with van der Waals surface area (Å²) in [6.07, 6.45) is 1.78. The monoisotopic (exact) mass is 283 g/mol. The van der Waals surface area contributed by atoms with Crippen LogP contribution in [0.2, 0.25) is 0 Å². The smallest absolute Gasteiger partial charge is 0.337 e. The number of rotatable bonds is 5. The third kappa shape index (κ3) is 3.85. The summed E-state index contributed by atoms with van der Waals surface area (Å²) in [5, 5.41) is 8.97. The number of carboxylic acids is 1. The van der Waals surface area contributed by atoms with Gasteiger partial charge in [0.25, 0.3) is 0 Å². The molecule has 0 fully saturated rings. The highest BCUT2D eigenvalue weighted by molar-refractivity contribution is 5.93. The maximum absolute atomic E-state index is 10.9. The topological polar surface area (TPSA) is 63.3 Å². The Morgan fingerprint density at radius 2 is 1.76 bits per heavy atom. The van der Waals surface area contributed by atoms with Crippen LogP contribution in [-0.4, -0.2) is 11.1 Å². The zero-order chi connectivity index (χ0) is 15.4. The lowest BCUT2D eigenvalue weighted by Crippen LogP contribution is -2.03. The molecule has 2 rings (SSSR count). The molecule has 0 spiro atoms. The summed E-state index contributed by atoms with van der Waals surface area (Å²) < 4.78 is 0. The standard InChI is InChI=1S/C18H21NO2/c1-12(2)15-5-3-4-13(10-15)6-7-14-8-9-16(18(20)21)17(19)11-14/h3-5,8-12H,6-7,19H2,1-2H3,(H,20,21). The van der Waals surface area contributed by atoms with Crippen molar-refractivity contribution in [3.8, 4) is 0 Å². The summed E-state index contributed by atoms with van der Waals surface area (Å²) in [5.41, 5.74) is 9.97. The third-order valence-corrected chi connectivity index (χ3v) is 3.67. The van der Waals surface area contributed by atoms with Crippen LogP contribution in [0.15, 0.2) is 42.5 Å². The van der Waals surface area contributed by atoms with Crippen molar-refractivity contribution in [1.82, 2.24) is 0 Å². The number of nitrogen functional groups attached to an aromatic ring is 1. The molecule has 0 radical (unpaired) electrons. The molecule has 0 amide bonds. The van der Waals surface area contributed by atoms with Crippen molar-refractivity contribution < 1.29 is 9.90 Å². The SMILES string of the molecule is CC(C)c1cccc(CCc2ccc(C(=O)O)c(N)c2)c1. The number of benzene rings is 2. The van der Waals surface area contributed by atoms with Gasteiger partial charge in [-0.1, -0.05) is 44.2 Å². The van der Waals surface area contributed by atoms with Gasteiger partial charge in [-0.3, -0.25) is 0 Å². The fraction of sp³-hybridized carbons (Fsp3) is 0.278. The van der Waals surface area contributed by atoms with E-state index in [4.69, 9.17) is 10.8 Å². The number of carboxylic acid groups (broad SMARTS) is 1. The van der Waals surface area contributed by atoms with Gasteiger partial charge in [-0.25, -0.2) is 4.79 Å². The van der Waals surface area contributed by atoms with E-state index in [9.17, 15) is 4.79 Å². The Hall–Kier alpha value is -2.29. The average molecular weight is 283 g/mol. The first kappa shape index (κ1) is 15.1. The van der Waals surface area contributed by atoms with Crippen LogP contribution in [0.4, 0.5) is 5.69 Å². The van der Waals surface area contributed by atoms with Gasteiger partial charge >= 0.3 is 5.97 Å². The summed E-state index contributed by atoms with van der Waals surface area (Å²) in [6, 6.07) is 13.8. The average Bonchev–Trinajstić information content (AvgIpc) is 2.45. The first-order chi connectivity index (χ1) is 9.97. The molecule has 3 N–H and O–H groups in total. The highest BCUT2D eigenvalue weighted by atomic mass is 16.4. The lowest BCUT2D eigenvalue weighted by Gasteiger charge is -2.09. The Labute approximate surface area is 125 Å². The second-order valence-electron chi connectivity index (χ2n) is 5.63. The van der Waals surface area contributed by atoms with E-state index in [0.717, 1.165) is 18.4 Å². The fourth-order valence-corrected chi connectivity index (χ4v) is 2.36. The molecule has 0 aromatic heterocycles. The molecule has 0 saturated heterocycles. The zero-order valence-corrected chi connectivity index (χ0v) is 12.5. The van der Waals surface area contributed by atoms with Gasteiger partial charge < -0.3 is 10.8 Å². The molecule has 0 unspecified atom stereocenters. The van der Waals surface area contributed by atoms with E-state index in [-0.39, 0.29) is 5.56 Å². The van der Waals surface area contributed by atoms with E-state index in [0.29, 0.717) is 11.6 Å². The van der Waals surface area contributed by atoms with E-state index in [1.54, 1.807) is 12.1 Å². The molecular formula is C18H21NO2. The maximum atomic E-state index is 10.9. The van der Waals surface area contributed by atoms with Crippen molar-refractivity contribution in [2.45, 2.75) is 32.6 Å². The number of hydrogen-bond donors (Lipinski definition) is 2. The van der Waals surface area contributed by atoms with E-state index >= 15 is 0 Å². The lowest BCUT2D eigenvalue weighted by molar-refractivity contribution is 0.0698. The second kappa shape index (κ2) is 6.44. The van der Waals surface area contributed by atoms with Crippen molar-refractivity contribution in [3.63, 3.8) is 0 Å². The van der Waals surface area contributed by atoms with Crippen molar-refractivity contribution in [1.29, 1.82) is 0 Å². The molecule has 21 heavy (non-hydrogen) atoms. The van der Waals surface area contributed by atoms with E-state index in [2.05, 4.69) is 38.1 Å². The Morgan fingerprint density at radius 3 is 2.33 bits per heavy atom. The van der Waals surface area contributed by atoms with Crippen LogP contribution < -0.4 is 5.73 Å². The van der Waals surface area contributed by atoms with Crippen molar-refractivity contribution in [2.75, 3.05) is 5.73 Å². The minimum Gasteiger partial charge on any atom is -0.478 e. The van der Waals surface area contributed by atoms with E-state index < -0.39 is 5.97 Å². The zero-order valence-electron chi connectivity index (χ0n) is 12.5. The predicted octanol–water partition coefficient (Wildman–Crippen LogP) is 3.88. The van der Waals surface area contributed by atoms with Gasteiger partial charge in [-0.05, 0) is 47.6 Å². The number of aromatic carboxylic acids is 1. The van der Waals surface area contributed by atoms with Gasteiger partial charge in [0, 0.05) is 5.69 Å². The van der Waals surface area contributed by atoms with Gasteiger partial charge in [0.05, 0.1) is 5.56 Å². The summed E-state index contributed by atoms with van der Waals surface area (Å²) >= 11 is 0. The Kier molecular flexibility index (Phi) is 4.63. The fourth-order valence-electron chi connectivity index (χ4n) is 2.36. The number of aryl methyl sites for hydroxylation is 2. The highest BCUT2D eigenvalue weighted by Gasteiger charge is 2.08. The minimum absolute atomic E-state index is 0.167. The van der Waals surface area contributed by atoms with Crippen molar-refractivity contribution >= 4 is 11.7 Å². The van der Waals surface area contributed by atoms with Crippen LogP contribution in [0, 0.1) is 0 Å². The van der Waals surface area contributed by atoms with Gasteiger partial charge in [0.15, 0.2) is 0 Å². The van der Waals surface area contributed by atoms with E-state index in [1.807, 2.05) is 6.07 Å². The first-order valence-corrected chi connectivity index (χ1v) is 7.18. The molecule has 110 valence electrons. The molecule has 0 aliphatic heterocycles. The first-order valence-electron chi connectivity index (χ1n) is 7.18. The Morgan fingerprint density at radius 1 is 1.10 bits per heavy atom. The van der Waals surface area contributed by atoms with Crippen molar-refractivity contribution in [3.05, 3.63) is 64.7 Å². The molecule has 2 aromatic carbocycles. The summed E-state index contributed by atoms with van der Waals surface area (Å²) in [7, 11) is 0. The quantitative estimate of drug-likeness (QED) is 0.819. The lowest BCUT2D eigenvalue weighted by atomic mass is 9.97. The largest absolute Gasteiger partial charge is 0.478 e. The molecule has 3 heteroatoms. The van der Waals surface area contributed by atoms with E-state index in [1.165, 1.54) is 11.1 Å². The molecule has 0 heterocycles. The van der Waals surface area contributed by atoms with Gasteiger partial charge in [-0.15, -0.1) is 0 Å². The number of anilines is 1. The van der Waals surface area contributed by atoms with Crippen LogP contribution in [0.5, 0.6) is 0 Å².